The Labute approximate surface area is 392 Å². The van der Waals surface area contributed by atoms with E-state index in [1.165, 1.54) is 26.5 Å². The lowest BCUT2D eigenvalue weighted by Gasteiger charge is -2.30. The smallest absolute Gasteiger partial charge is 0.409 e. The van der Waals surface area contributed by atoms with Gasteiger partial charge in [0.2, 0.25) is 17.7 Å². The van der Waals surface area contributed by atoms with Crippen LogP contribution in [0.3, 0.4) is 0 Å². The zero-order chi connectivity index (χ0) is 47.0. The van der Waals surface area contributed by atoms with Crippen LogP contribution in [-0.2, 0) is 25.7 Å². The van der Waals surface area contributed by atoms with Crippen molar-refractivity contribution in [2.75, 3.05) is 33.4 Å². The van der Waals surface area contributed by atoms with Gasteiger partial charge in [0, 0.05) is 33.0 Å². The highest BCUT2D eigenvalue weighted by atomic mass is 32.1. The van der Waals surface area contributed by atoms with E-state index in [0.29, 0.717) is 18.7 Å². The van der Waals surface area contributed by atoms with Crippen LogP contribution >= 0.6 is 11.3 Å². The molecule has 4 aromatic carbocycles. The lowest BCUT2D eigenvalue weighted by Crippen LogP contribution is -2.55. The first-order valence-electron chi connectivity index (χ1n) is 22.6. The number of allylic oxidation sites excluding steroid dienone is 1. The number of benzene rings is 4. The average molecular weight is 912 g/mol. The third kappa shape index (κ3) is 13.3. The Morgan fingerprint density at radius 2 is 1.56 bits per heavy atom. The summed E-state index contributed by atoms with van der Waals surface area (Å²) in [5.74, 6) is -0.727. The molecular weight excluding hydrogens is 851 g/mol. The van der Waals surface area contributed by atoms with E-state index in [1.807, 2.05) is 74.8 Å². The van der Waals surface area contributed by atoms with Crippen molar-refractivity contribution in [3.63, 3.8) is 0 Å². The molecule has 1 aliphatic rings. The summed E-state index contributed by atoms with van der Waals surface area (Å²) in [6.07, 6.45) is 3.44. The highest BCUT2D eigenvalue weighted by Gasteiger charge is 2.42. The first kappa shape index (κ1) is 48.9. The number of ether oxygens (including phenoxy) is 2. The molecule has 6 rings (SSSR count). The second-order valence-corrected chi connectivity index (χ2v) is 17.5. The van der Waals surface area contributed by atoms with E-state index in [1.54, 1.807) is 30.5 Å². The second-order valence-electron chi connectivity index (χ2n) is 16.7. The predicted octanol–water partition coefficient (Wildman–Crippen LogP) is 8.69. The SMILES string of the molecule is CC/C(=C(\c1ccccc1)c1ccc(OCCN(C)C(=O)OCC/C=C/CC(=O)N[C@H](C(=O)N2C[C@H](O)C[C@H]2C(=O)NCc2ccc(-c3scnc3C)cc2)C(C)C)cc1)c1ccccc1. The zero-order valence-electron chi connectivity index (χ0n) is 38.4. The van der Waals surface area contributed by atoms with Crippen molar-refractivity contribution in [1.29, 1.82) is 0 Å². The third-order valence-corrected chi connectivity index (χ3v) is 12.5. The molecule has 12 nitrogen and oxygen atoms in total. The Hall–Kier alpha value is -6.57. The number of aromatic nitrogens is 1. The number of β-amino-alcohol motifs (C(OH)–C–C–N with tert-alkyl or cyclic N) is 1. The third-order valence-electron chi connectivity index (χ3n) is 11.5. The summed E-state index contributed by atoms with van der Waals surface area (Å²) in [7, 11) is 1.65. The molecule has 346 valence electrons. The maximum absolute atomic E-state index is 13.8. The second kappa shape index (κ2) is 24.1. The zero-order valence-corrected chi connectivity index (χ0v) is 39.3. The molecule has 1 saturated heterocycles. The highest BCUT2D eigenvalue weighted by Crippen LogP contribution is 2.35. The number of carbonyl (C=O) groups is 4. The molecule has 66 heavy (non-hydrogen) atoms. The van der Waals surface area contributed by atoms with Gasteiger partial charge in [-0.2, -0.15) is 0 Å². The molecule has 0 radical (unpaired) electrons. The van der Waals surface area contributed by atoms with Gasteiger partial charge in [0.05, 0.1) is 35.3 Å². The topological polar surface area (TPSA) is 150 Å². The Morgan fingerprint density at radius 3 is 2.20 bits per heavy atom. The maximum Gasteiger partial charge on any atom is 0.409 e. The van der Waals surface area contributed by atoms with Crippen LogP contribution < -0.4 is 15.4 Å². The van der Waals surface area contributed by atoms with Crippen molar-refractivity contribution < 1.29 is 33.8 Å². The van der Waals surface area contributed by atoms with E-state index in [2.05, 4.69) is 83.2 Å². The fraction of sp³-hybridized carbons (Fsp3) is 0.340. The molecule has 0 spiro atoms. The molecule has 0 unspecified atom stereocenters. The number of nitrogens with one attached hydrogen (secondary N) is 2. The number of hydrogen-bond donors (Lipinski definition) is 3. The first-order valence-corrected chi connectivity index (χ1v) is 23.5. The van der Waals surface area contributed by atoms with Crippen molar-refractivity contribution in [2.45, 2.75) is 78.1 Å². The fourth-order valence-corrected chi connectivity index (χ4v) is 8.73. The van der Waals surface area contributed by atoms with Gasteiger partial charge in [-0.25, -0.2) is 9.78 Å². The van der Waals surface area contributed by atoms with Crippen LogP contribution in [0.15, 0.2) is 127 Å². The van der Waals surface area contributed by atoms with Gasteiger partial charge in [-0.1, -0.05) is 130 Å². The number of likely N-dealkylation sites (tertiary alicyclic amines) is 1. The molecule has 0 saturated carbocycles. The molecule has 1 fully saturated rings. The minimum absolute atomic E-state index is 0.00243. The Balaban J connectivity index is 0.905. The quantitative estimate of drug-likeness (QED) is 0.0399. The van der Waals surface area contributed by atoms with E-state index in [0.717, 1.165) is 39.2 Å². The number of aryl methyl sites for hydroxylation is 1. The van der Waals surface area contributed by atoms with Crippen LogP contribution in [0.2, 0.25) is 0 Å². The number of thiazole rings is 1. The first-order chi connectivity index (χ1) is 31.9. The lowest BCUT2D eigenvalue weighted by molar-refractivity contribution is -0.142. The lowest BCUT2D eigenvalue weighted by atomic mass is 9.88. The fourth-order valence-electron chi connectivity index (χ4n) is 7.92. The Morgan fingerprint density at radius 1 is 0.894 bits per heavy atom. The molecule has 5 aromatic rings. The van der Waals surface area contributed by atoms with Crippen molar-refractivity contribution in [3.8, 4) is 16.2 Å². The monoisotopic (exact) mass is 911 g/mol. The standard InChI is InChI=1S/C53H61N5O7S/c1-6-45(39-16-10-7-11-17-39)48(40-18-12-8-13-19-40)41-25-27-44(28-26-41)64-31-29-57(5)53(63)65-30-15-9-14-20-47(60)56-49(36(2)3)52(62)58-34-43(59)32-46(58)51(61)54-33-38-21-23-42(24-22-38)50-37(4)55-35-66-50/h7-14,16-19,21-28,35-36,43,46,49,59H,6,15,20,29-34H2,1-5H3,(H,54,61)(H,56,60)/b14-9+,48-45-/t43-,46+,49+/m1/s1. The summed E-state index contributed by atoms with van der Waals surface area (Å²) in [4.78, 5) is 61.1. The molecule has 1 aromatic heterocycles. The maximum atomic E-state index is 13.8. The summed E-state index contributed by atoms with van der Waals surface area (Å²) in [6.45, 7) is 8.76. The van der Waals surface area contributed by atoms with Crippen LogP contribution in [0.1, 0.15) is 74.4 Å². The van der Waals surface area contributed by atoms with Crippen molar-refractivity contribution in [2.24, 2.45) is 5.92 Å². The molecule has 4 amide bonds. The van der Waals surface area contributed by atoms with Gasteiger partial charge < -0.3 is 35.0 Å². The highest BCUT2D eigenvalue weighted by molar-refractivity contribution is 7.13. The molecular formula is C53H61N5O7S. The minimum Gasteiger partial charge on any atom is -0.492 e. The van der Waals surface area contributed by atoms with Crippen LogP contribution in [0, 0.1) is 12.8 Å². The largest absolute Gasteiger partial charge is 0.492 e. The van der Waals surface area contributed by atoms with Gasteiger partial charge in [-0.15, -0.1) is 11.3 Å². The number of likely N-dealkylation sites (N-methyl/N-ethyl adjacent to an activating group) is 1. The Bertz CT molecular complexity index is 2440. The molecule has 0 aliphatic carbocycles. The Kier molecular flexibility index (Phi) is 17.8. The van der Waals surface area contributed by atoms with Gasteiger partial charge in [0.15, 0.2) is 0 Å². The molecule has 3 N–H and O–H groups in total. The van der Waals surface area contributed by atoms with Gasteiger partial charge in [-0.05, 0) is 76.8 Å². The van der Waals surface area contributed by atoms with Gasteiger partial charge in [-0.3, -0.25) is 14.4 Å². The molecule has 2 heterocycles. The minimum atomic E-state index is -0.891. The van der Waals surface area contributed by atoms with Gasteiger partial charge in [0.25, 0.3) is 0 Å². The summed E-state index contributed by atoms with van der Waals surface area (Å²) >= 11 is 1.57. The summed E-state index contributed by atoms with van der Waals surface area (Å²) in [6, 6.07) is 35.0. The number of amides is 4. The normalized spacial score (nSPS) is 15.6. The van der Waals surface area contributed by atoms with E-state index < -0.39 is 30.2 Å². The number of aliphatic hydroxyl groups is 1. The molecule has 1 aliphatic heterocycles. The summed E-state index contributed by atoms with van der Waals surface area (Å²) in [5.41, 5.74) is 10.6. The summed E-state index contributed by atoms with van der Waals surface area (Å²) in [5, 5.41) is 16.3. The number of rotatable bonds is 20. The summed E-state index contributed by atoms with van der Waals surface area (Å²) < 4.78 is 11.4. The molecule has 13 heteroatoms. The van der Waals surface area contributed by atoms with E-state index in [-0.39, 0.29) is 56.9 Å². The molecule has 0 bridgehead atoms. The van der Waals surface area contributed by atoms with Crippen molar-refractivity contribution >= 4 is 46.3 Å². The van der Waals surface area contributed by atoms with E-state index >= 15 is 0 Å². The molecule has 3 atom stereocenters. The van der Waals surface area contributed by atoms with E-state index in [9.17, 15) is 24.3 Å². The van der Waals surface area contributed by atoms with Crippen LogP contribution in [-0.4, -0.2) is 95.2 Å². The van der Waals surface area contributed by atoms with Crippen molar-refractivity contribution in [1.82, 2.24) is 25.4 Å². The number of aliphatic hydroxyl groups excluding tert-OH is 1. The van der Waals surface area contributed by atoms with Crippen LogP contribution in [0.5, 0.6) is 5.75 Å². The average Bonchev–Trinajstić information content (AvgIpc) is 3.95. The van der Waals surface area contributed by atoms with Crippen molar-refractivity contribution in [3.05, 3.63) is 155 Å². The number of nitrogens with zero attached hydrogens (tertiary/aromatic N) is 3. The van der Waals surface area contributed by atoms with Gasteiger partial charge >= 0.3 is 6.09 Å². The number of carbonyl (C=O) groups excluding carboxylic acids is 4. The van der Waals surface area contributed by atoms with E-state index in [4.69, 9.17) is 9.47 Å². The van der Waals surface area contributed by atoms with Crippen LogP contribution in [0.4, 0.5) is 4.79 Å². The number of hydrogen-bond acceptors (Lipinski definition) is 9. The predicted molar refractivity (Wildman–Crippen MR) is 260 cm³/mol. The van der Waals surface area contributed by atoms with Gasteiger partial charge in [0.1, 0.15) is 24.4 Å². The van der Waals surface area contributed by atoms with Crippen LogP contribution in [0.25, 0.3) is 21.6 Å².